The summed E-state index contributed by atoms with van der Waals surface area (Å²) in [7, 11) is 0. The zero-order valence-electron chi connectivity index (χ0n) is 22.0. The number of aryl methyl sites for hydroxylation is 1. The van der Waals surface area contributed by atoms with E-state index in [4.69, 9.17) is 21.4 Å². The summed E-state index contributed by atoms with van der Waals surface area (Å²) < 4.78 is 5.55. The highest BCUT2D eigenvalue weighted by atomic mass is 35.5. The van der Waals surface area contributed by atoms with Crippen LogP contribution in [-0.4, -0.2) is 58.2 Å². The minimum absolute atomic E-state index is 0.0708. The number of pyridine rings is 2. The molecule has 3 heterocycles. The Morgan fingerprint density at radius 1 is 1.10 bits per heavy atom. The molecule has 1 saturated carbocycles. The van der Waals surface area contributed by atoms with E-state index in [1.165, 1.54) is 0 Å². The number of benzene rings is 1. The van der Waals surface area contributed by atoms with Crippen LogP contribution in [0, 0.1) is 12.8 Å². The molecule has 2 aromatic heterocycles. The van der Waals surface area contributed by atoms with Crippen LogP contribution in [0.5, 0.6) is 5.88 Å². The van der Waals surface area contributed by atoms with E-state index in [9.17, 15) is 9.90 Å². The molecule has 1 unspecified atom stereocenters. The van der Waals surface area contributed by atoms with Crippen LogP contribution in [0.4, 0.5) is 17.1 Å². The van der Waals surface area contributed by atoms with Crippen molar-refractivity contribution in [2.75, 3.05) is 29.6 Å². The van der Waals surface area contributed by atoms with Crippen molar-refractivity contribution >= 4 is 34.6 Å². The molecule has 1 aliphatic heterocycles. The van der Waals surface area contributed by atoms with Gasteiger partial charge in [0.25, 0.3) is 5.91 Å². The van der Waals surface area contributed by atoms with Crippen molar-refractivity contribution in [1.82, 2.24) is 15.3 Å². The van der Waals surface area contributed by atoms with Gasteiger partial charge in [0, 0.05) is 37.9 Å². The third-order valence-electron chi connectivity index (χ3n) is 7.45. The quantitative estimate of drug-likeness (QED) is 0.335. The summed E-state index contributed by atoms with van der Waals surface area (Å²) in [4.78, 5) is 25.3. The van der Waals surface area contributed by atoms with Gasteiger partial charge in [-0.2, -0.15) is 0 Å². The Labute approximate surface area is 233 Å². The van der Waals surface area contributed by atoms with Crippen molar-refractivity contribution in [2.45, 2.75) is 51.4 Å². The average Bonchev–Trinajstić information content (AvgIpc) is 3.22. The Kier molecular flexibility index (Phi) is 8.50. The molecule has 0 radical (unpaired) electrons. The molecule has 10 heteroatoms. The third kappa shape index (κ3) is 6.11. The lowest BCUT2D eigenvalue weighted by Crippen LogP contribution is -2.45. The van der Waals surface area contributed by atoms with Gasteiger partial charge in [-0.1, -0.05) is 23.7 Å². The second kappa shape index (κ2) is 12.2. The van der Waals surface area contributed by atoms with Crippen molar-refractivity contribution in [3.8, 4) is 5.88 Å². The van der Waals surface area contributed by atoms with Crippen LogP contribution in [0.3, 0.4) is 0 Å². The molecule has 5 rings (SSSR count). The van der Waals surface area contributed by atoms with Gasteiger partial charge in [0.1, 0.15) is 0 Å². The number of hydrogen-bond acceptors (Lipinski definition) is 8. The number of amides is 1. The molecular weight excluding hydrogens is 518 g/mol. The van der Waals surface area contributed by atoms with Gasteiger partial charge >= 0.3 is 0 Å². The number of nitrogens with zero attached hydrogens (tertiary/aromatic N) is 4. The van der Waals surface area contributed by atoms with Crippen LogP contribution < -0.4 is 19.9 Å². The number of para-hydroxylation sites is 2. The van der Waals surface area contributed by atoms with Crippen LogP contribution in [-0.2, 0) is 0 Å². The van der Waals surface area contributed by atoms with Gasteiger partial charge in [-0.15, -0.1) is 0 Å². The summed E-state index contributed by atoms with van der Waals surface area (Å²) in [6.07, 6.45) is 6.58. The van der Waals surface area contributed by atoms with E-state index in [1.807, 2.05) is 47.1 Å². The predicted molar refractivity (Wildman–Crippen MR) is 151 cm³/mol. The Hall–Kier alpha value is -3.40. The maximum Gasteiger partial charge on any atom is 0.253 e. The van der Waals surface area contributed by atoms with Gasteiger partial charge in [0.05, 0.1) is 46.1 Å². The molecular formula is C29H34ClN5O4. The second-order valence-corrected chi connectivity index (χ2v) is 10.6. The number of aliphatic hydroxyl groups excluding tert-OH is 2. The lowest BCUT2D eigenvalue weighted by atomic mass is 9.85. The number of halogens is 1. The number of carbonyl (C=O) groups excluding carboxylic acids is 1. The van der Waals surface area contributed by atoms with Gasteiger partial charge in [-0.25, -0.2) is 4.98 Å². The third-order valence-corrected chi connectivity index (χ3v) is 7.65. The number of aliphatic hydroxyl groups is 2. The molecule has 1 aliphatic carbocycles. The van der Waals surface area contributed by atoms with Crippen LogP contribution in [0.2, 0.25) is 5.02 Å². The first-order valence-corrected chi connectivity index (χ1v) is 13.8. The van der Waals surface area contributed by atoms with E-state index in [2.05, 4.69) is 15.3 Å². The molecule has 206 valence electrons. The summed E-state index contributed by atoms with van der Waals surface area (Å²) in [6.45, 7) is 2.99. The Bertz CT molecular complexity index is 1280. The van der Waals surface area contributed by atoms with Crippen LogP contribution in [0.15, 0.2) is 54.9 Å². The van der Waals surface area contributed by atoms with Crippen molar-refractivity contribution in [3.63, 3.8) is 0 Å². The number of anilines is 3. The molecule has 1 aromatic carbocycles. The molecule has 2 aliphatic rings. The molecule has 1 atom stereocenters. The monoisotopic (exact) mass is 551 g/mol. The molecule has 0 bridgehead atoms. The fourth-order valence-corrected chi connectivity index (χ4v) is 5.53. The lowest BCUT2D eigenvalue weighted by molar-refractivity contribution is 0.0920. The topological polar surface area (TPSA) is 111 Å². The number of fused-ring (bicyclic) bond motifs is 1. The zero-order chi connectivity index (χ0) is 27.4. The highest BCUT2D eigenvalue weighted by Crippen LogP contribution is 2.44. The minimum atomic E-state index is -0.860. The number of carbonyl (C=O) groups is 1. The number of aromatic nitrogens is 2. The summed E-state index contributed by atoms with van der Waals surface area (Å²) in [5.74, 6) is 0.733. The number of rotatable bonds is 9. The maximum absolute atomic E-state index is 12.8. The van der Waals surface area contributed by atoms with E-state index in [1.54, 1.807) is 24.5 Å². The fraction of sp³-hybridized carbons (Fsp3) is 0.414. The first kappa shape index (κ1) is 27.2. The molecule has 1 amide bonds. The Morgan fingerprint density at radius 2 is 1.87 bits per heavy atom. The molecule has 0 saturated heterocycles. The largest absolute Gasteiger partial charge is 0.478 e. The molecule has 3 aromatic rings. The summed E-state index contributed by atoms with van der Waals surface area (Å²) >= 11 is 6.04. The van der Waals surface area contributed by atoms with E-state index in [0.717, 1.165) is 42.7 Å². The van der Waals surface area contributed by atoms with Gasteiger partial charge in [0.2, 0.25) is 12.2 Å². The number of ether oxygens (including phenoxy) is 1. The van der Waals surface area contributed by atoms with Gasteiger partial charge in [-0.3, -0.25) is 14.7 Å². The molecule has 1 fully saturated rings. The van der Waals surface area contributed by atoms with E-state index in [-0.39, 0.29) is 18.6 Å². The number of hydrogen-bond donors (Lipinski definition) is 3. The summed E-state index contributed by atoms with van der Waals surface area (Å²) in [5.41, 5.74) is 3.85. The van der Waals surface area contributed by atoms with Gasteiger partial charge < -0.3 is 25.2 Å². The first-order chi connectivity index (χ1) is 18.9. The Balaban J connectivity index is 1.21. The van der Waals surface area contributed by atoms with Crippen LogP contribution in [0.1, 0.15) is 48.2 Å². The average molecular weight is 552 g/mol. The minimum Gasteiger partial charge on any atom is -0.478 e. The van der Waals surface area contributed by atoms with Crippen molar-refractivity contribution in [3.05, 3.63) is 71.1 Å². The number of nitrogens with one attached hydrogen (secondary N) is 1. The van der Waals surface area contributed by atoms with Crippen molar-refractivity contribution in [2.24, 2.45) is 5.92 Å². The highest BCUT2D eigenvalue weighted by Gasteiger charge is 2.37. The van der Waals surface area contributed by atoms with Gasteiger partial charge in [-0.05, 0) is 62.8 Å². The summed E-state index contributed by atoms with van der Waals surface area (Å²) in [5, 5.41) is 24.0. The highest BCUT2D eigenvalue weighted by molar-refractivity contribution is 6.30. The SMILES string of the molecule is Cc1ncc(Cl)cc1C(=O)NC1CCC(CN2c3ccccc3N(c3ccc(OCCCO)nc3)C2O)CC1. The van der Waals surface area contributed by atoms with E-state index in [0.29, 0.717) is 47.7 Å². The molecule has 9 nitrogen and oxygen atoms in total. The van der Waals surface area contributed by atoms with E-state index >= 15 is 0 Å². The zero-order valence-corrected chi connectivity index (χ0v) is 22.7. The standard InChI is InChI=1S/C29H34ClN5O4/c1-19-24(15-21(30)16-31-19)28(37)33-22-9-7-20(8-10-22)18-34-25-5-2-3-6-26(25)35(29(34)38)23-11-12-27(32-17-23)39-14-4-13-36/h2-3,5-6,11-12,15-17,20,22,29,36,38H,4,7-10,13-14,18H2,1H3,(H,33,37). The predicted octanol–water partition coefficient (Wildman–Crippen LogP) is 4.42. The smallest absolute Gasteiger partial charge is 0.253 e. The molecule has 3 N–H and O–H groups in total. The van der Waals surface area contributed by atoms with E-state index < -0.39 is 6.35 Å². The lowest BCUT2D eigenvalue weighted by Gasteiger charge is -2.34. The maximum atomic E-state index is 12.8. The van der Waals surface area contributed by atoms with Crippen molar-refractivity contribution in [1.29, 1.82) is 0 Å². The van der Waals surface area contributed by atoms with Crippen molar-refractivity contribution < 1.29 is 19.7 Å². The van der Waals surface area contributed by atoms with Crippen LogP contribution >= 0.6 is 11.6 Å². The second-order valence-electron chi connectivity index (χ2n) is 10.1. The molecule has 0 spiro atoms. The Morgan fingerprint density at radius 3 is 2.59 bits per heavy atom. The summed E-state index contributed by atoms with van der Waals surface area (Å²) in [6, 6.07) is 13.4. The van der Waals surface area contributed by atoms with Gasteiger partial charge in [0.15, 0.2) is 0 Å². The van der Waals surface area contributed by atoms with Crippen LogP contribution in [0.25, 0.3) is 0 Å². The fourth-order valence-electron chi connectivity index (χ4n) is 5.37. The molecule has 39 heavy (non-hydrogen) atoms. The normalized spacial score (nSPS) is 20.6. The first-order valence-electron chi connectivity index (χ1n) is 13.4.